The van der Waals surface area contributed by atoms with E-state index in [-0.39, 0.29) is 0 Å². The topological polar surface area (TPSA) is 57.9 Å². The van der Waals surface area contributed by atoms with Crippen LogP contribution in [-0.2, 0) is 0 Å². The lowest BCUT2D eigenvalue weighted by molar-refractivity contribution is 0.144. The van der Waals surface area contributed by atoms with Crippen molar-refractivity contribution in [2.45, 2.75) is 44.9 Å². The summed E-state index contributed by atoms with van der Waals surface area (Å²) in [5, 5.41) is 8.24. The maximum atomic E-state index is 6.26. The van der Waals surface area contributed by atoms with Crippen LogP contribution in [0.5, 0.6) is 0 Å². The molecule has 112 valence electrons. The summed E-state index contributed by atoms with van der Waals surface area (Å²) in [6, 6.07) is 4.20. The standard InChI is InChI=1S/C17H24N4/c18-14-10-13-12-19-20-15(13)11-16(14)21-8-6-17(7-9-21)4-2-1-3-5-17/h10-12H,1-9,18H2,(H,19,20). The number of hydrogen-bond acceptors (Lipinski definition) is 3. The van der Waals surface area contributed by atoms with Crippen molar-refractivity contribution in [3.05, 3.63) is 18.3 Å². The number of nitrogens with two attached hydrogens (primary N) is 1. The van der Waals surface area contributed by atoms with Gasteiger partial charge in [0, 0.05) is 18.5 Å². The second-order valence-corrected chi connectivity index (χ2v) is 6.92. The van der Waals surface area contributed by atoms with Crippen molar-refractivity contribution < 1.29 is 0 Å². The van der Waals surface area contributed by atoms with Crippen LogP contribution < -0.4 is 10.6 Å². The fourth-order valence-electron chi connectivity index (χ4n) is 4.30. The third kappa shape index (κ3) is 2.27. The lowest BCUT2D eigenvalue weighted by Gasteiger charge is -2.45. The van der Waals surface area contributed by atoms with E-state index in [0.29, 0.717) is 5.41 Å². The zero-order valence-corrected chi connectivity index (χ0v) is 12.6. The molecule has 0 radical (unpaired) electrons. The van der Waals surface area contributed by atoms with Crippen LogP contribution >= 0.6 is 0 Å². The Morgan fingerprint density at radius 3 is 2.57 bits per heavy atom. The molecule has 4 rings (SSSR count). The fraction of sp³-hybridized carbons (Fsp3) is 0.588. The smallest absolute Gasteiger partial charge is 0.0672 e. The van der Waals surface area contributed by atoms with Gasteiger partial charge in [0.15, 0.2) is 0 Å². The summed E-state index contributed by atoms with van der Waals surface area (Å²) in [5.74, 6) is 0. The van der Waals surface area contributed by atoms with Crippen LogP contribution in [0.2, 0.25) is 0 Å². The third-order valence-electron chi connectivity index (χ3n) is 5.67. The molecule has 1 aromatic heterocycles. The third-order valence-corrected chi connectivity index (χ3v) is 5.67. The zero-order chi connectivity index (χ0) is 14.3. The number of H-pyrrole nitrogens is 1. The molecule has 0 amide bonds. The van der Waals surface area contributed by atoms with Gasteiger partial charge in [-0.1, -0.05) is 19.3 Å². The highest BCUT2D eigenvalue weighted by atomic mass is 15.2. The largest absolute Gasteiger partial charge is 0.397 e. The van der Waals surface area contributed by atoms with Crippen LogP contribution in [0.1, 0.15) is 44.9 Å². The summed E-state index contributed by atoms with van der Waals surface area (Å²) in [5.41, 5.74) is 10.0. The second kappa shape index (κ2) is 4.93. The first-order chi connectivity index (χ1) is 10.3. The lowest BCUT2D eigenvalue weighted by Crippen LogP contribution is -2.41. The molecule has 1 spiro atoms. The van der Waals surface area contributed by atoms with Gasteiger partial charge in [-0.2, -0.15) is 5.10 Å². The average molecular weight is 284 g/mol. The predicted molar refractivity (Wildman–Crippen MR) is 87.5 cm³/mol. The summed E-state index contributed by atoms with van der Waals surface area (Å²) in [7, 11) is 0. The quantitative estimate of drug-likeness (QED) is 0.785. The highest BCUT2D eigenvalue weighted by molar-refractivity contribution is 5.88. The van der Waals surface area contributed by atoms with Gasteiger partial charge in [-0.25, -0.2) is 0 Å². The van der Waals surface area contributed by atoms with Crippen molar-refractivity contribution in [2.24, 2.45) is 5.41 Å². The van der Waals surface area contributed by atoms with Crippen molar-refractivity contribution in [2.75, 3.05) is 23.7 Å². The minimum absolute atomic E-state index is 0.640. The molecule has 0 unspecified atom stereocenters. The van der Waals surface area contributed by atoms with E-state index in [1.807, 2.05) is 12.3 Å². The van der Waals surface area contributed by atoms with E-state index in [0.717, 1.165) is 29.7 Å². The molecule has 0 atom stereocenters. The van der Waals surface area contributed by atoms with E-state index >= 15 is 0 Å². The highest BCUT2D eigenvalue weighted by Crippen LogP contribution is 2.45. The number of piperidine rings is 1. The minimum Gasteiger partial charge on any atom is -0.397 e. The van der Waals surface area contributed by atoms with E-state index in [4.69, 9.17) is 5.73 Å². The second-order valence-electron chi connectivity index (χ2n) is 6.92. The first kappa shape index (κ1) is 13.0. The normalized spacial score (nSPS) is 22.0. The molecular weight excluding hydrogens is 260 g/mol. The van der Waals surface area contributed by atoms with E-state index in [9.17, 15) is 0 Å². The molecule has 1 aliphatic heterocycles. The Kier molecular flexibility index (Phi) is 3.05. The molecule has 3 N–H and O–H groups in total. The average Bonchev–Trinajstić information content (AvgIpc) is 2.95. The Morgan fingerprint density at radius 1 is 1.05 bits per heavy atom. The summed E-state index contributed by atoms with van der Waals surface area (Å²) >= 11 is 0. The number of rotatable bonds is 1. The van der Waals surface area contributed by atoms with Gasteiger partial charge in [0.25, 0.3) is 0 Å². The molecule has 4 heteroatoms. The Labute approximate surface area is 125 Å². The van der Waals surface area contributed by atoms with Crippen LogP contribution in [0.4, 0.5) is 11.4 Å². The molecule has 2 fully saturated rings. The Hall–Kier alpha value is -1.71. The van der Waals surface area contributed by atoms with Gasteiger partial charge in [0.1, 0.15) is 0 Å². The number of benzene rings is 1. The number of nitrogens with zero attached hydrogens (tertiary/aromatic N) is 2. The van der Waals surface area contributed by atoms with Gasteiger partial charge in [0.2, 0.25) is 0 Å². The van der Waals surface area contributed by atoms with Crippen molar-refractivity contribution in [1.82, 2.24) is 10.2 Å². The summed E-state index contributed by atoms with van der Waals surface area (Å²) in [6.45, 7) is 2.29. The van der Waals surface area contributed by atoms with Crippen LogP contribution in [-0.4, -0.2) is 23.3 Å². The fourth-order valence-corrected chi connectivity index (χ4v) is 4.30. The maximum absolute atomic E-state index is 6.26. The number of anilines is 2. The maximum Gasteiger partial charge on any atom is 0.0672 e. The van der Waals surface area contributed by atoms with Crippen LogP contribution in [0, 0.1) is 5.41 Å². The van der Waals surface area contributed by atoms with Crippen molar-refractivity contribution >= 4 is 22.3 Å². The predicted octanol–water partition coefficient (Wildman–Crippen LogP) is 3.70. The number of nitrogens with one attached hydrogen (secondary N) is 1. The first-order valence-corrected chi connectivity index (χ1v) is 8.23. The van der Waals surface area contributed by atoms with E-state index < -0.39 is 0 Å². The van der Waals surface area contributed by atoms with Crippen molar-refractivity contribution in [3.63, 3.8) is 0 Å². The van der Waals surface area contributed by atoms with Crippen molar-refractivity contribution in [1.29, 1.82) is 0 Å². The molecule has 2 aliphatic rings. The number of nitrogen functional groups attached to an aromatic ring is 1. The van der Waals surface area contributed by atoms with Gasteiger partial charge in [0.05, 0.1) is 23.1 Å². The van der Waals surface area contributed by atoms with Gasteiger partial charge in [-0.05, 0) is 43.2 Å². The number of aromatic nitrogens is 2. The highest BCUT2D eigenvalue weighted by Gasteiger charge is 2.35. The molecular formula is C17H24N4. The monoisotopic (exact) mass is 284 g/mol. The summed E-state index contributed by atoms with van der Waals surface area (Å²) in [6.07, 6.45) is 11.7. The van der Waals surface area contributed by atoms with Crippen LogP contribution in [0.25, 0.3) is 10.9 Å². The lowest BCUT2D eigenvalue weighted by atomic mass is 9.68. The minimum atomic E-state index is 0.640. The van der Waals surface area contributed by atoms with E-state index in [1.54, 1.807) is 0 Å². The number of aromatic amines is 1. The number of hydrogen-bond donors (Lipinski definition) is 2. The van der Waals surface area contributed by atoms with E-state index in [1.165, 1.54) is 50.6 Å². The van der Waals surface area contributed by atoms with E-state index in [2.05, 4.69) is 21.2 Å². The molecule has 1 saturated carbocycles. The van der Waals surface area contributed by atoms with Gasteiger partial charge < -0.3 is 10.6 Å². The zero-order valence-electron chi connectivity index (χ0n) is 12.6. The molecule has 1 aromatic carbocycles. The first-order valence-electron chi connectivity index (χ1n) is 8.23. The van der Waals surface area contributed by atoms with Crippen LogP contribution in [0.15, 0.2) is 18.3 Å². The van der Waals surface area contributed by atoms with Gasteiger partial charge in [-0.3, -0.25) is 5.10 Å². The molecule has 21 heavy (non-hydrogen) atoms. The Balaban J connectivity index is 1.55. The molecule has 1 aliphatic carbocycles. The Bertz CT molecular complexity index is 629. The number of fused-ring (bicyclic) bond motifs is 1. The summed E-state index contributed by atoms with van der Waals surface area (Å²) in [4.78, 5) is 2.47. The Morgan fingerprint density at radius 2 is 1.81 bits per heavy atom. The summed E-state index contributed by atoms with van der Waals surface area (Å²) < 4.78 is 0. The molecule has 1 saturated heterocycles. The van der Waals surface area contributed by atoms with Crippen molar-refractivity contribution in [3.8, 4) is 0 Å². The van der Waals surface area contributed by atoms with Gasteiger partial charge >= 0.3 is 0 Å². The van der Waals surface area contributed by atoms with Crippen LogP contribution in [0.3, 0.4) is 0 Å². The molecule has 2 aromatic rings. The molecule has 2 heterocycles. The molecule has 4 nitrogen and oxygen atoms in total. The van der Waals surface area contributed by atoms with Gasteiger partial charge in [-0.15, -0.1) is 0 Å². The molecule has 0 bridgehead atoms. The SMILES string of the molecule is Nc1cc2cn[nH]c2cc1N1CCC2(CCCCC2)CC1.